The zero-order valence-electron chi connectivity index (χ0n) is 12.6. The first-order chi connectivity index (χ1) is 10.3. The molecule has 112 valence electrons. The van der Waals surface area contributed by atoms with Crippen LogP contribution in [-0.4, -0.2) is 23.1 Å². The van der Waals surface area contributed by atoms with E-state index in [1.165, 1.54) is 6.33 Å². The van der Waals surface area contributed by atoms with Crippen LogP contribution >= 0.6 is 0 Å². The SMILES string of the molecule is CCCCN(c1ccccc1)c1ncnc(OCC)c1N. The van der Waals surface area contributed by atoms with Crippen molar-refractivity contribution >= 4 is 17.2 Å². The number of rotatable bonds is 7. The molecule has 21 heavy (non-hydrogen) atoms. The molecule has 0 bridgehead atoms. The summed E-state index contributed by atoms with van der Waals surface area (Å²) in [5, 5.41) is 0. The Morgan fingerprint density at radius 2 is 1.90 bits per heavy atom. The number of unbranched alkanes of at least 4 members (excludes halogenated alkanes) is 1. The number of aromatic nitrogens is 2. The number of nitrogens with two attached hydrogens (primary N) is 1. The van der Waals surface area contributed by atoms with Gasteiger partial charge in [-0.25, -0.2) is 4.98 Å². The molecule has 0 fully saturated rings. The van der Waals surface area contributed by atoms with E-state index < -0.39 is 0 Å². The van der Waals surface area contributed by atoms with Gasteiger partial charge in [0.1, 0.15) is 12.0 Å². The van der Waals surface area contributed by atoms with Gasteiger partial charge in [0.25, 0.3) is 0 Å². The van der Waals surface area contributed by atoms with Gasteiger partial charge in [-0.3, -0.25) is 0 Å². The van der Waals surface area contributed by atoms with Gasteiger partial charge in [0.2, 0.25) is 5.88 Å². The normalized spacial score (nSPS) is 10.4. The zero-order valence-corrected chi connectivity index (χ0v) is 12.6. The summed E-state index contributed by atoms with van der Waals surface area (Å²) in [5.41, 5.74) is 7.74. The van der Waals surface area contributed by atoms with Gasteiger partial charge in [-0.1, -0.05) is 31.5 Å². The van der Waals surface area contributed by atoms with Gasteiger partial charge in [-0.2, -0.15) is 4.98 Å². The first kappa shape index (κ1) is 15.1. The molecule has 0 aliphatic rings. The second-order valence-corrected chi connectivity index (χ2v) is 4.69. The first-order valence-corrected chi connectivity index (χ1v) is 7.33. The number of nitrogen functional groups attached to an aromatic ring is 1. The summed E-state index contributed by atoms with van der Waals surface area (Å²) in [5.74, 6) is 1.15. The van der Waals surface area contributed by atoms with Crippen molar-refractivity contribution in [1.82, 2.24) is 9.97 Å². The Morgan fingerprint density at radius 3 is 2.57 bits per heavy atom. The first-order valence-electron chi connectivity index (χ1n) is 7.33. The van der Waals surface area contributed by atoms with Crippen molar-refractivity contribution in [2.24, 2.45) is 0 Å². The van der Waals surface area contributed by atoms with E-state index in [0.29, 0.717) is 24.0 Å². The van der Waals surface area contributed by atoms with Crippen molar-refractivity contribution in [3.63, 3.8) is 0 Å². The standard InChI is InChI=1S/C16H22N4O/c1-3-5-11-20(13-9-7-6-8-10-13)15-14(17)16(21-4-2)19-12-18-15/h6-10,12H,3-5,11,17H2,1-2H3. The molecule has 0 saturated carbocycles. The van der Waals surface area contributed by atoms with Crippen LogP contribution in [0.2, 0.25) is 0 Å². The highest BCUT2D eigenvalue weighted by molar-refractivity contribution is 5.74. The van der Waals surface area contributed by atoms with Crippen LogP contribution in [0.25, 0.3) is 0 Å². The van der Waals surface area contributed by atoms with Crippen molar-refractivity contribution in [1.29, 1.82) is 0 Å². The molecule has 0 atom stereocenters. The lowest BCUT2D eigenvalue weighted by molar-refractivity contribution is 0.328. The number of nitrogens with zero attached hydrogens (tertiary/aromatic N) is 3. The van der Waals surface area contributed by atoms with Crippen LogP contribution in [0.4, 0.5) is 17.2 Å². The molecule has 1 aromatic carbocycles. The Hall–Kier alpha value is -2.30. The topological polar surface area (TPSA) is 64.3 Å². The second kappa shape index (κ2) is 7.47. The number of benzene rings is 1. The molecule has 5 nitrogen and oxygen atoms in total. The van der Waals surface area contributed by atoms with Crippen molar-refractivity contribution in [2.45, 2.75) is 26.7 Å². The molecule has 2 rings (SSSR count). The van der Waals surface area contributed by atoms with E-state index in [0.717, 1.165) is 25.1 Å². The fourth-order valence-electron chi connectivity index (χ4n) is 2.12. The van der Waals surface area contributed by atoms with E-state index in [1.807, 2.05) is 25.1 Å². The van der Waals surface area contributed by atoms with Crippen LogP contribution in [-0.2, 0) is 0 Å². The minimum absolute atomic E-state index is 0.444. The van der Waals surface area contributed by atoms with Crippen molar-refractivity contribution in [3.8, 4) is 5.88 Å². The molecule has 5 heteroatoms. The monoisotopic (exact) mass is 286 g/mol. The van der Waals surface area contributed by atoms with Gasteiger partial charge in [0.15, 0.2) is 5.82 Å². The lowest BCUT2D eigenvalue weighted by atomic mass is 10.2. The second-order valence-electron chi connectivity index (χ2n) is 4.69. The van der Waals surface area contributed by atoms with Gasteiger partial charge >= 0.3 is 0 Å². The molecule has 0 spiro atoms. The van der Waals surface area contributed by atoms with E-state index in [9.17, 15) is 0 Å². The molecule has 2 N–H and O–H groups in total. The van der Waals surface area contributed by atoms with Gasteiger partial charge in [0.05, 0.1) is 6.61 Å². The quantitative estimate of drug-likeness (QED) is 0.845. The van der Waals surface area contributed by atoms with Crippen LogP contribution in [0, 0.1) is 0 Å². The third kappa shape index (κ3) is 3.62. The van der Waals surface area contributed by atoms with Gasteiger partial charge in [-0.05, 0) is 25.5 Å². The van der Waals surface area contributed by atoms with E-state index in [4.69, 9.17) is 10.5 Å². The van der Waals surface area contributed by atoms with Crippen LogP contribution < -0.4 is 15.4 Å². The maximum absolute atomic E-state index is 6.19. The Bertz CT molecular complexity index is 559. The average molecular weight is 286 g/mol. The fraction of sp³-hybridized carbons (Fsp3) is 0.375. The summed E-state index contributed by atoms with van der Waals surface area (Å²) in [4.78, 5) is 10.6. The molecule has 0 aliphatic carbocycles. The fourth-order valence-corrected chi connectivity index (χ4v) is 2.12. The zero-order chi connectivity index (χ0) is 15.1. The maximum Gasteiger partial charge on any atom is 0.242 e. The van der Waals surface area contributed by atoms with Gasteiger partial charge in [0, 0.05) is 12.2 Å². The molecule has 1 aromatic heterocycles. The predicted molar refractivity (Wildman–Crippen MR) is 86.0 cm³/mol. The molecule has 0 unspecified atom stereocenters. The minimum Gasteiger partial charge on any atom is -0.476 e. The predicted octanol–water partition coefficient (Wildman–Crippen LogP) is 3.40. The Labute approximate surface area is 125 Å². The summed E-state index contributed by atoms with van der Waals surface area (Å²) < 4.78 is 5.47. The number of para-hydroxylation sites is 1. The maximum atomic E-state index is 6.19. The summed E-state index contributed by atoms with van der Waals surface area (Å²) in [6, 6.07) is 10.1. The van der Waals surface area contributed by atoms with Crippen LogP contribution in [0.1, 0.15) is 26.7 Å². The molecule has 0 radical (unpaired) electrons. The highest BCUT2D eigenvalue weighted by atomic mass is 16.5. The van der Waals surface area contributed by atoms with Crippen molar-refractivity contribution in [3.05, 3.63) is 36.7 Å². The summed E-state index contributed by atoms with van der Waals surface area (Å²) in [7, 11) is 0. The average Bonchev–Trinajstić information content (AvgIpc) is 2.52. The molecule has 1 heterocycles. The van der Waals surface area contributed by atoms with Gasteiger partial charge in [-0.15, -0.1) is 0 Å². The third-order valence-corrected chi connectivity index (χ3v) is 3.17. The van der Waals surface area contributed by atoms with Crippen molar-refractivity contribution < 1.29 is 4.74 Å². The molecular formula is C16H22N4O. The Morgan fingerprint density at radius 1 is 1.14 bits per heavy atom. The summed E-state index contributed by atoms with van der Waals surface area (Å²) in [6.45, 7) is 5.46. The minimum atomic E-state index is 0.444. The van der Waals surface area contributed by atoms with Crippen LogP contribution in [0.5, 0.6) is 5.88 Å². The van der Waals surface area contributed by atoms with Gasteiger partial charge < -0.3 is 15.4 Å². The third-order valence-electron chi connectivity index (χ3n) is 3.17. The van der Waals surface area contributed by atoms with E-state index in [2.05, 4.69) is 33.9 Å². The molecule has 0 amide bonds. The van der Waals surface area contributed by atoms with E-state index >= 15 is 0 Å². The summed E-state index contributed by atoms with van der Waals surface area (Å²) in [6.07, 6.45) is 3.66. The van der Waals surface area contributed by atoms with E-state index in [-0.39, 0.29) is 0 Å². The summed E-state index contributed by atoms with van der Waals surface area (Å²) >= 11 is 0. The number of hydrogen-bond donors (Lipinski definition) is 1. The molecular weight excluding hydrogens is 264 g/mol. The van der Waals surface area contributed by atoms with E-state index in [1.54, 1.807) is 0 Å². The van der Waals surface area contributed by atoms with Crippen molar-refractivity contribution in [2.75, 3.05) is 23.8 Å². The number of ether oxygens (including phenoxy) is 1. The Kier molecular flexibility index (Phi) is 5.37. The molecule has 2 aromatic rings. The number of anilines is 3. The molecule has 0 aliphatic heterocycles. The Balaban J connectivity index is 2.39. The lowest BCUT2D eigenvalue weighted by Crippen LogP contribution is -2.21. The smallest absolute Gasteiger partial charge is 0.242 e. The largest absolute Gasteiger partial charge is 0.476 e. The lowest BCUT2D eigenvalue weighted by Gasteiger charge is -2.25. The number of hydrogen-bond acceptors (Lipinski definition) is 5. The highest BCUT2D eigenvalue weighted by Crippen LogP contribution is 2.32. The van der Waals surface area contributed by atoms with Crippen LogP contribution in [0.15, 0.2) is 36.7 Å². The van der Waals surface area contributed by atoms with Crippen LogP contribution in [0.3, 0.4) is 0 Å². The highest BCUT2D eigenvalue weighted by Gasteiger charge is 2.17. The molecule has 0 saturated heterocycles.